The summed E-state index contributed by atoms with van der Waals surface area (Å²) in [5, 5.41) is 0. The average molecular weight is 469 g/mol. The van der Waals surface area contributed by atoms with Gasteiger partial charge in [0.15, 0.2) is 0 Å². The van der Waals surface area contributed by atoms with E-state index in [0.29, 0.717) is 25.0 Å². The molecule has 0 N–H and O–H groups in total. The standard InChI is InChI=1S/C24H37BrO4/c1-18(2)11-7-5-9-15-28-23(26)21-14-13-20(25)17-22(21)24(27)29-16-10-6-8-12-19(3)4/h13-14,17-19H,5-12,15-16H2,1-4H3. The largest absolute Gasteiger partial charge is 0.462 e. The van der Waals surface area contributed by atoms with Crippen LogP contribution in [0.5, 0.6) is 0 Å². The second-order valence-corrected chi connectivity index (χ2v) is 9.36. The zero-order valence-electron chi connectivity index (χ0n) is 18.5. The normalized spacial score (nSPS) is 11.1. The van der Waals surface area contributed by atoms with Crippen LogP contribution in [0.4, 0.5) is 0 Å². The summed E-state index contributed by atoms with van der Waals surface area (Å²) < 4.78 is 11.5. The van der Waals surface area contributed by atoms with Gasteiger partial charge in [0, 0.05) is 4.47 Å². The fourth-order valence-electron chi connectivity index (χ4n) is 3.01. The molecule has 0 fully saturated rings. The summed E-state index contributed by atoms with van der Waals surface area (Å²) in [6.45, 7) is 9.57. The molecule has 0 radical (unpaired) electrons. The molecule has 0 aliphatic heterocycles. The highest BCUT2D eigenvalue weighted by atomic mass is 79.9. The number of halogens is 1. The van der Waals surface area contributed by atoms with Crippen LogP contribution in [-0.2, 0) is 9.47 Å². The average Bonchev–Trinajstić information content (AvgIpc) is 2.66. The van der Waals surface area contributed by atoms with Crippen LogP contribution >= 0.6 is 15.9 Å². The Bertz CT molecular complexity index is 625. The number of esters is 2. The molecular weight excluding hydrogens is 432 g/mol. The van der Waals surface area contributed by atoms with Gasteiger partial charge in [-0.25, -0.2) is 9.59 Å². The molecule has 0 aliphatic rings. The van der Waals surface area contributed by atoms with Gasteiger partial charge in [0.2, 0.25) is 0 Å². The van der Waals surface area contributed by atoms with Gasteiger partial charge in [0.25, 0.3) is 0 Å². The highest BCUT2D eigenvalue weighted by Gasteiger charge is 2.20. The van der Waals surface area contributed by atoms with Crippen LogP contribution in [0.25, 0.3) is 0 Å². The van der Waals surface area contributed by atoms with E-state index in [9.17, 15) is 9.59 Å². The van der Waals surface area contributed by atoms with Crippen molar-refractivity contribution in [3.63, 3.8) is 0 Å². The van der Waals surface area contributed by atoms with Crippen LogP contribution < -0.4 is 0 Å². The van der Waals surface area contributed by atoms with Crippen molar-refractivity contribution in [2.75, 3.05) is 13.2 Å². The molecule has 1 aromatic carbocycles. The Balaban J connectivity index is 2.49. The molecular formula is C24H37BrO4. The summed E-state index contributed by atoms with van der Waals surface area (Å²) in [5.74, 6) is 0.455. The maximum atomic E-state index is 12.5. The van der Waals surface area contributed by atoms with Crippen molar-refractivity contribution in [1.82, 2.24) is 0 Å². The minimum absolute atomic E-state index is 0.256. The van der Waals surface area contributed by atoms with Crippen LogP contribution in [0, 0.1) is 11.8 Å². The molecule has 0 spiro atoms. The Hall–Kier alpha value is -1.36. The molecule has 0 heterocycles. The molecule has 29 heavy (non-hydrogen) atoms. The first kappa shape index (κ1) is 25.7. The third kappa shape index (κ3) is 11.4. The Morgan fingerprint density at radius 3 is 1.72 bits per heavy atom. The minimum Gasteiger partial charge on any atom is -0.462 e. The first-order chi connectivity index (χ1) is 13.8. The Morgan fingerprint density at radius 2 is 1.24 bits per heavy atom. The summed E-state index contributed by atoms with van der Waals surface area (Å²) in [7, 11) is 0. The molecule has 0 aliphatic carbocycles. The quantitative estimate of drug-likeness (QED) is 0.214. The SMILES string of the molecule is CC(C)CCCCCOC(=O)c1ccc(Br)cc1C(=O)OCCCCCC(C)C. The first-order valence-electron chi connectivity index (χ1n) is 10.9. The Labute approximate surface area is 184 Å². The van der Waals surface area contributed by atoms with Crippen molar-refractivity contribution in [1.29, 1.82) is 0 Å². The number of unbranched alkanes of at least 4 members (excludes halogenated alkanes) is 4. The number of ether oxygens (including phenoxy) is 2. The molecule has 0 atom stereocenters. The number of hydrogen-bond acceptors (Lipinski definition) is 4. The lowest BCUT2D eigenvalue weighted by Gasteiger charge is -2.11. The van der Waals surface area contributed by atoms with Gasteiger partial charge in [-0.3, -0.25) is 0 Å². The fraction of sp³-hybridized carbons (Fsp3) is 0.667. The molecule has 164 valence electrons. The van der Waals surface area contributed by atoms with Crippen LogP contribution in [-0.4, -0.2) is 25.2 Å². The number of hydrogen-bond donors (Lipinski definition) is 0. The molecule has 5 heteroatoms. The van der Waals surface area contributed by atoms with Gasteiger partial charge in [-0.1, -0.05) is 82.1 Å². The summed E-state index contributed by atoms with van der Waals surface area (Å²) in [5.41, 5.74) is 0.520. The molecule has 0 aromatic heterocycles. The van der Waals surface area contributed by atoms with E-state index in [1.54, 1.807) is 18.2 Å². The van der Waals surface area contributed by atoms with E-state index < -0.39 is 11.9 Å². The van der Waals surface area contributed by atoms with Crippen LogP contribution in [0.2, 0.25) is 0 Å². The van der Waals surface area contributed by atoms with E-state index in [-0.39, 0.29) is 11.1 Å². The highest BCUT2D eigenvalue weighted by Crippen LogP contribution is 2.19. The van der Waals surface area contributed by atoms with Gasteiger partial charge >= 0.3 is 11.9 Å². The van der Waals surface area contributed by atoms with Crippen molar-refractivity contribution >= 4 is 27.9 Å². The topological polar surface area (TPSA) is 52.6 Å². The lowest BCUT2D eigenvalue weighted by atomic mass is 10.1. The molecule has 0 unspecified atom stereocenters. The van der Waals surface area contributed by atoms with Crippen molar-refractivity contribution < 1.29 is 19.1 Å². The maximum absolute atomic E-state index is 12.5. The third-order valence-electron chi connectivity index (χ3n) is 4.74. The van der Waals surface area contributed by atoms with Crippen molar-refractivity contribution in [3.8, 4) is 0 Å². The number of benzene rings is 1. The van der Waals surface area contributed by atoms with Gasteiger partial charge in [-0.2, -0.15) is 0 Å². The lowest BCUT2D eigenvalue weighted by Crippen LogP contribution is -2.15. The second kappa shape index (κ2) is 14.6. The minimum atomic E-state index is -0.473. The summed E-state index contributed by atoms with van der Waals surface area (Å²) in [6.07, 6.45) is 8.41. The smallest absolute Gasteiger partial charge is 0.339 e. The number of carbonyl (C=O) groups excluding carboxylic acids is 2. The molecule has 0 saturated heterocycles. The van der Waals surface area contributed by atoms with Gasteiger partial charge in [0.05, 0.1) is 24.3 Å². The van der Waals surface area contributed by atoms with Gasteiger partial charge in [-0.05, 0) is 42.9 Å². The monoisotopic (exact) mass is 468 g/mol. The number of carbonyl (C=O) groups is 2. The van der Waals surface area contributed by atoms with Gasteiger partial charge in [0.1, 0.15) is 0 Å². The van der Waals surface area contributed by atoms with E-state index in [0.717, 1.165) is 43.0 Å². The lowest BCUT2D eigenvalue weighted by molar-refractivity contribution is 0.0450. The van der Waals surface area contributed by atoms with E-state index in [1.165, 1.54) is 12.8 Å². The van der Waals surface area contributed by atoms with Crippen LogP contribution in [0.3, 0.4) is 0 Å². The Kier molecular flexibility index (Phi) is 12.9. The van der Waals surface area contributed by atoms with Crippen molar-refractivity contribution in [3.05, 3.63) is 33.8 Å². The predicted octanol–water partition coefficient (Wildman–Crippen LogP) is 7.20. The predicted molar refractivity (Wildman–Crippen MR) is 121 cm³/mol. The van der Waals surface area contributed by atoms with E-state index in [4.69, 9.17) is 9.47 Å². The van der Waals surface area contributed by atoms with E-state index >= 15 is 0 Å². The van der Waals surface area contributed by atoms with Crippen LogP contribution in [0.1, 0.15) is 99.8 Å². The summed E-state index contributed by atoms with van der Waals surface area (Å²) in [6, 6.07) is 4.98. The zero-order chi connectivity index (χ0) is 21.6. The molecule has 0 bridgehead atoms. The Morgan fingerprint density at radius 1 is 0.759 bits per heavy atom. The van der Waals surface area contributed by atoms with E-state index in [2.05, 4.69) is 43.6 Å². The van der Waals surface area contributed by atoms with Crippen molar-refractivity contribution in [2.45, 2.75) is 79.1 Å². The van der Waals surface area contributed by atoms with Gasteiger partial charge in [-0.15, -0.1) is 0 Å². The second-order valence-electron chi connectivity index (χ2n) is 8.45. The van der Waals surface area contributed by atoms with Crippen LogP contribution in [0.15, 0.2) is 22.7 Å². The van der Waals surface area contributed by atoms with Crippen molar-refractivity contribution in [2.24, 2.45) is 11.8 Å². The molecule has 4 nitrogen and oxygen atoms in total. The zero-order valence-corrected chi connectivity index (χ0v) is 20.1. The maximum Gasteiger partial charge on any atom is 0.339 e. The van der Waals surface area contributed by atoms with Gasteiger partial charge < -0.3 is 9.47 Å². The summed E-state index contributed by atoms with van der Waals surface area (Å²) in [4.78, 5) is 24.9. The summed E-state index contributed by atoms with van der Waals surface area (Å²) >= 11 is 3.36. The first-order valence-corrected chi connectivity index (χ1v) is 11.7. The molecule has 0 saturated carbocycles. The molecule has 1 aromatic rings. The molecule has 1 rings (SSSR count). The van der Waals surface area contributed by atoms with E-state index in [1.807, 2.05) is 0 Å². The third-order valence-corrected chi connectivity index (χ3v) is 5.23. The fourth-order valence-corrected chi connectivity index (χ4v) is 3.37. The number of rotatable bonds is 14. The highest BCUT2D eigenvalue weighted by molar-refractivity contribution is 9.10. The molecule has 0 amide bonds.